The molecule has 1 aromatic carbocycles. The molecule has 1 N–H and O–H groups in total. The molecule has 2 rings (SSSR count). The van der Waals surface area contributed by atoms with Crippen molar-refractivity contribution in [2.24, 2.45) is 0 Å². The lowest BCUT2D eigenvalue weighted by Crippen LogP contribution is -2.23. The zero-order valence-electron chi connectivity index (χ0n) is 9.34. The molecule has 0 spiro atoms. The van der Waals surface area contributed by atoms with Gasteiger partial charge in [0.1, 0.15) is 11.6 Å². The number of carbonyl (C=O) groups excluding carboxylic acids is 1. The Balaban J connectivity index is 2.12. The molecule has 0 fully saturated rings. The van der Waals surface area contributed by atoms with Gasteiger partial charge in [0.25, 0.3) is 5.91 Å². The van der Waals surface area contributed by atoms with Crippen molar-refractivity contribution in [2.75, 3.05) is 0 Å². The molecule has 19 heavy (non-hydrogen) atoms. The second kappa shape index (κ2) is 5.98. The van der Waals surface area contributed by atoms with E-state index >= 15 is 0 Å². The van der Waals surface area contributed by atoms with Crippen LogP contribution in [0.5, 0.6) is 0 Å². The van der Waals surface area contributed by atoms with Crippen molar-refractivity contribution in [3.8, 4) is 0 Å². The van der Waals surface area contributed by atoms with Crippen LogP contribution in [0.15, 0.2) is 28.1 Å². The highest BCUT2D eigenvalue weighted by Crippen LogP contribution is 2.23. The van der Waals surface area contributed by atoms with Gasteiger partial charge in [-0.15, -0.1) is 11.3 Å². The summed E-state index contributed by atoms with van der Waals surface area (Å²) in [6, 6.07) is 3.41. The molecule has 0 unspecified atom stereocenters. The highest BCUT2D eigenvalue weighted by molar-refractivity contribution is 9.10. The fourth-order valence-electron chi connectivity index (χ4n) is 1.40. The van der Waals surface area contributed by atoms with Crippen LogP contribution in [0.2, 0.25) is 5.02 Å². The largest absolute Gasteiger partial charge is 0.347 e. The third kappa shape index (κ3) is 3.32. The summed E-state index contributed by atoms with van der Waals surface area (Å²) in [5.41, 5.74) is -0.366. The lowest BCUT2D eigenvalue weighted by molar-refractivity contribution is 0.0946. The molecule has 0 aliphatic carbocycles. The molecule has 100 valence electrons. The Hall–Kier alpha value is -0.980. The van der Waals surface area contributed by atoms with Gasteiger partial charge in [0.2, 0.25) is 0 Å². The van der Waals surface area contributed by atoms with Crippen molar-refractivity contribution >= 4 is 44.8 Å². The van der Waals surface area contributed by atoms with Crippen LogP contribution in [0, 0.1) is 11.6 Å². The predicted octanol–water partition coefficient (Wildman–Crippen LogP) is 4.37. The fourth-order valence-corrected chi connectivity index (χ4v) is 2.99. The maximum atomic E-state index is 13.5. The number of nitrogens with one attached hydrogen (secondary N) is 1. The first-order valence-electron chi connectivity index (χ1n) is 5.13. The van der Waals surface area contributed by atoms with Crippen LogP contribution in [0.1, 0.15) is 15.2 Å². The highest BCUT2D eigenvalue weighted by Gasteiger charge is 2.15. The van der Waals surface area contributed by atoms with Crippen molar-refractivity contribution in [1.29, 1.82) is 0 Å². The average molecular weight is 367 g/mol. The summed E-state index contributed by atoms with van der Waals surface area (Å²) >= 11 is 10.2. The number of rotatable bonds is 3. The van der Waals surface area contributed by atoms with E-state index in [0.717, 1.165) is 21.5 Å². The molecule has 2 aromatic rings. The Morgan fingerprint density at radius 3 is 2.74 bits per heavy atom. The van der Waals surface area contributed by atoms with Gasteiger partial charge in [-0.25, -0.2) is 8.78 Å². The second-order valence-electron chi connectivity index (χ2n) is 3.62. The fraction of sp³-hybridized carbons (Fsp3) is 0.0833. The van der Waals surface area contributed by atoms with Gasteiger partial charge in [0, 0.05) is 9.35 Å². The van der Waals surface area contributed by atoms with Gasteiger partial charge in [-0.2, -0.15) is 0 Å². The number of amides is 1. The van der Waals surface area contributed by atoms with Crippen LogP contribution in [-0.2, 0) is 6.54 Å². The standard InChI is InChI=1S/C12H7BrClF2NOS/c13-7-1-2-19-11(7)5-17-12(18)6-3-10(16)8(14)4-9(6)15/h1-4H,5H2,(H,17,18). The molecule has 0 radical (unpaired) electrons. The van der Waals surface area contributed by atoms with Crippen molar-refractivity contribution < 1.29 is 13.6 Å². The normalized spacial score (nSPS) is 10.5. The Morgan fingerprint density at radius 1 is 1.37 bits per heavy atom. The number of thiophene rings is 1. The summed E-state index contributed by atoms with van der Waals surface area (Å²) < 4.78 is 27.6. The molecular formula is C12H7BrClF2NOS. The van der Waals surface area contributed by atoms with Crippen LogP contribution < -0.4 is 5.32 Å². The monoisotopic (exact) mass is 365 g/mol. The smallest absolute Gasteiger partial charge is 0.254 e. The lowest BCUT2D eigenvalue weighted by Gasteiger charge is -2.06. The molecule has 1 aromatic heterocycles. The number of hydrogen-bond donors (Lipinski definition) is 1. The lowest BCUT2D eigenvalue weighted by atomic mass is 10.2. The molecule has 0 saturated carbocycles. The van der Waals surface area contributed by atoms with Crippen LogP contribution in [0.4, 0.5) is 8.78 Å². The minimum absolute atomic E-state index is 0.237. The van der Waals surface area contributed by atoms with E-state index in [-0.39, 0.29) is 17.1 Å². The van der Waals surface area contributed by atoms with Crippen LogP contribution in [-0.4, -0.2) is 5.91 Å². The van der Waals surface area contributed by atoms with Gasteiger partial charge in [0.05, 0.1) is 17.1 Å². The molecule has 1 heterocycles. The van der Waals surface area contributed by atoms with E-state index in [9.17, 15) is 13.6 Å². The topological polar surface area (TPSA) is 29.1 Å². The van der Waals surface area contributed by atoms with E-state index in [2.05, 4.69) is 21.2 Å². The third-order valence-electron chi connectivity index (χ3n) is 2.36. The van der Waals surface area contributed by atoms with Crippen molar-refractivity contribution in [2.45, 2.75) is 6.54 Å². The molecule has 0 aliphatic heterocycles. The van der Waals surface area contributed by atoms with Gasteiger partial charge < -0.3 is 5.32 Å². The van der Waals surface area contributed by atoms with E-state index in [1.165, 1.54) is 11.3 Å². The van der Waals surface area contributed by atoms with Crippen molar-refractivity contribution in [3.05, 3.63) is 55.1 Å². The van der Waals surface area contributed by atoms with E-state index in [4.69, 9.17) is 11.6 Å². The number of benzene rings is 1. The molecule has 1 amide bonds. The molecule has 7 heteroatoms. The number of halogens is 4. The quantitative estimate of drug-likeness (QED) is 0.803. The highest BCUT2D eigenvalue weighted by atomic mass is 79.9. The van der Waals surface area contributed by atoms with E-state index < -0.39 is 17.5 Å². The zero-order chi connectivity index (χ0) is 14.0. The van der Waals surface area contributed by atoms with Crippen LogP contribution in [0.25, 0.3) is 0 Å². The molecule has 0 saturated heterocycles. The maximum Gasteiger partial charge on any atom is 0.254 e. The molecule has 0 bridgehead atoms. The van der Waals surface area contributed by atoms with Gasteiger partial charge >= 0.3 is 0 Å². The summed E-state index contributed by atoms with van der Waals surface area (Å²) in [5, 5.41) is 4.02. The maximum absolute atomic E-state index is 13.5. The Kier molecular flexibility index (Phi) is 4.54. The summed E-state index contributed by atoms with van der Waals surface area (Å²) in [6.07, 6.45) is 0. The number of hydrogen-bond acceptors (Lipinski definition) is 2. The average Bonchev–Trinajstić information content (AvgIpc) is 2.76. The first-order chi connectivity index (χ1) is 8.99. The summed E-state index contributed by atoms with van der Waals surface area (Å²) in [7, 11) is 0. The number of carbonyl (C=O) groups is 1. The molecular weight excluding hydrogens is 360 g/mol. The molecule has 0 aliphatic rings. The van der Waals surface area contributed by atoms with Crippen LogP contribution >= 0.6 is 38.9 Å². The Morgan fingerprint density at radius 2 is 2.11 bits per heavy atom. The SMILES string of the molecule is O=C(NCc1sccc1Br)c1cc(F)c(Cl)cc1F. The minimum Gasteiger partial charge on any atom is -0.347 e. The second-order valence-corrected chi connectivity index (χ2v) is 5.88. The first kappa shape index (κ1) is 14.4. The molecule has 0 atom stereocenters. The van der Waals surface area contributed by atoms with E-state index in [0.29, 0.717) is 0 Å². The third-order valence-corrected chi connectivity index (χ3v) is 4.57. The van der Waals surface area contributed by atoms with Crippen molar-refractivity contribution in [3.63, 3.8) is 0 Å². The molecule has 2 nitrogen and oxygen atoms in total. The Bertz CT molecular complexity index is 632. The Labute approximate surface area is 125 Å². The van der Waals surface area contributed by atoms with Gasteiger partial charge in [-0.05, 0) is 39.5 Å². The van der Waals surface area contributed by atoms with Crippen LogP contribution in [0.3, 0.4) is 0 Å². The van der Waals surface area contributed by atoms with E-state index in [1.807, 2.05) is 11.4 Å². The predicted molar refractivity (Wildman–Crippen MR) is 74.6 cm³/mol. The summed E-state index contributed by atoms with van der Waals surface area (Å²) in [4.78, 5) is 12.7. The summed E-state index contributed by atoms with van der Waals surface area (Å²) in [6.45, 7) is 0.237. The minimum atomic E-state index is -0.853. The van der Waals surface area contributed by atoms with Crippen molar-refractivity contribution in [1.82, 2.24) is 5.32 Å². The zero-order valence-corrected chi connectivity index (χ0v) is 12.5. The summed E-state index contributed by atoms with van der Waals surface area (Å²) in [5.74, 6) is -2.37. The first-order valence-corrected chi connectivity index (χ1v) is 7.18. The van der Waals surface area contributed by atoms with Gasteiger partial charge in [-0.3, -0.25) is 4.79 Å². The van der Waals surface area contributed by atoms with Gasteiger partial charge in [0.15, 0.2) is 0 Å². The van der Waals surface area contributed by atoms with Gasteiger partial charge in [-0.1, -0.05) is 11.6 Å². The van der Waals surface area contributed by atoms with E-state index in [1.54, 1.807) is 0 Å².